The minimum atomic E-state index is 0.703. The summed E-state index contributed by atoms with van der Waals surface area (Å²) in [6, 6.07) is 63.7. The van der Waals surface area contributed by atoms with Gasteiger partial charge in [-0.1, -0.05) is 133 Å². The molecule has 0 aliphatic carbocycles. The zero-order valence-electron chi connectivity index (χ0n) is 29.0. The van der Waals surface area contributed by atoms with Crippen molar-refractivity contribution >= 4 is 91.8 Å². The Labute approximate surface area is 315 Å². The molecular formula is C50H29N3S. The van der Waals surface area contributed by atoms with Gasteiger partial charge in [0.05, 0.1) is 28.3 Å². The van der Waals surface area contributed by atoms with Crippen molar-refractivity contribution in [3.63, 3.8) is 0 Å². The quantitative estimate of drug-likeness (QED) is 0.183. The predicted molar refractivity (Wildman–Crippen MR) is 229 cm³/mol. The Hall–Kier alpha value is -6.88. The summed E-state index contributed by atoms with van der Waals surface area (Å²) in [5, 5.41) is 10.8. The Kier molecular flexibility index (Phi) is 6.21. The fraction of sp³-hybridized carbons (Fsp3) is 0. The van der Waals surface area contributed by atoms with Gasteiger partial charge < -0.3 is 4.90 Å². The zero-order valence-corrected chi connectivity index (χ0v) is 29.8. The van der Waals surface area contributed by atoms with Crippen LogP contribution in [0.2, 0.25) is 0 Å². The van der Waals surface area contributed by atoms with Crippen LogP contribution in [0.25, 0.3) is 97.2 Å². The van der Waals surface area contributed by atoms with Gasteiger partial charge in [-0.25, -0.2) is 9.97 Å². The smallest absolute Gasteiger partial charge is 0.162 e. The zero-order chi connectivity index (χ0) is 35.3. The molecule has 54 heavy (non-hydrogen) atoms. The van der Waals surface area contributed by atoms with Crippen LogP contribution >= 0.6 is 11.3 Å². The van der Waals surface area contributed by atoms with Crippen LogP contribution in [0.4, 0.5) is 17.1 Å². The third-order valence-electron chi connectivity index (χ3n) is 11.1. The largest absolute Gasteiger partial charge is 0.308 e. The molecule has 12 rings (SSSR count). The molecule has 250 valence electrons. The van der Waals surface area contributed by atoms with E-state index >= 15 is 0 Å². The van der Waals surface area contributed by atoms with Gasteiger partial charge in [0.15, 0.2) is 5.82 Å². The van der Waals surface area contributed by atoms with Gasteiger partial charge in [-0.3, -0.25) is 0 Å². The fourth-order valence-corrected chi connectivity index (χ4v) is 9.93. The number of aromatic nitrogens is 2. The number of anilines is 3. The van der Waals surface area contributed by atoms with Crippen molar-refractivity contribution in [1.82, 2.24) is 9.97 Å². The highest BCUT2D eigenvalue weighted by Crippen LogP contribution is 2.55. The van der Waals surface area contributed by atoms with E-state index in [4.69, 9.17) is 9.97 Å². The highest BCUT2D eigenvalue weighted by atomic mass is 32.1. The number of fused-ring (bicyclic) bond motifs is 9. The first-order valence-electron chi connectivity index (χ1n) is 18.3. The molecule has 4 heteroatoms. The molecule has 3 nitrogen and oxygen atoms in total. The lowest BCUT2D eigenvalue weighted by atomic mass is 9.87. The average molecular weight is 704 g/mol. The molecule has 0 radical (unpaired) electrons. The molecule has 0 saturated heterocycles. The van der Waals surface area contributed by atoms with Crippen LogP contribution in [-0.4, -0.2) is 9.97 Å². The van der Waals surface area contributed by atoms with Crippen LogP contribution in [-0.2, 0) is 0 Å². The molecule has 1 aliphatic rings. The van der Waals surface area contributed by atoms with E-state index in [1.807, 2.05) is 11.3 Å². The number of hydrogen-bond donors (Lipinski definition) is 0. The van der Waals surface area contributed by atoms with Crippen LogP contribution in [0, 0.1) is 0 Å². The summed E-state index contributed by atoms with van der Waals surface area (Å²) in [5.41, 5.74) is 9.82. The first kappa shape index (κ1) is 29.7. The Morgan fingerprint density at radius 2 is 1.06 bits per heavy atom. The lowest BCUT2D eigenvalue weighted by Gasteiger charge is -2.35. The number of para-hydroxylation sites is 1. The maximum Gasteiger partial charge on any atom is 0.162 e. The van der Waals surface area contributed by atoms with Crippen molar-refractivity contribution in [2.45, 2.75) is 0 Å². The predicted octanol–water partition coefficient (Wildman–Crippen LogP) is 14.2. The molecule has 11 aromatic rings. The number of thiophene rings is 1. The van der Waals surface area contributed by atoms with Crippen molar-refractivity contribution in [2.75, 3.05) is 4.90 Å². The first-order chi connectivity index (χ1) is 26.8. The maximum absolute atomic E-state index is 5.61. The highest BCUT2D eigenvalue weighted by Gasteiger charge is 2.30. The van der Waals surface area contributed by atoms with Gasteiger partial charge in [0, 0.05) is 47.6 Å². The normalized spacial score (nSPS) is 12.4. The van der Waals surface area contributed by atoms with E-state index < -0.39 is 0 Å². The molecule has 9 aromatic carbocycles. The number of rotatable bonds is 3. The second kappa shape index (κ2) is 11.3. The molecule has 0 spiro atoms. The monoisotopic (exact) mass is 703 g/mol. The number of benzene rings is 9. The van der Waals surface area contributed by atoms with E-state index in [1.54, 1.807) is 0 Å². The van der Waals surface area contributed by atoms with Crippen molar-refractivity contribution in [1.29, 1.82) is 0 Å². The summed E-state index contributed by atoms with van der Waals surface area (Å²) < 4.78 is 2.54. The van der Waals surface area contributed by atoms with Gasteiger partial charge >= 0.3 is 0 Å². The summed E-state index contributed by atoms with van der Waals surface area (Å²) in [6.45, 7) is 0. The van der Waals surface area contributed by atoms with E-state index in [0.717, 1.165) is 50.2 Å². The number of nitrogens with zero attached hydrogens (tertiary/aromatic N) is 3. The molecule has 1 aliphatic heterocycles. The summed E-state index contributed by atoms with van der Waals surface area (Å²) in [6.07, 6.45) is 0. The van der Waals surface area contributed by atoms with Crippen LogP contribution in [0.15, 0.2) is 176 Å². The maximum atomic E-state index is 5.61. The summed E-state index contributed by atoms with van der Waals surface area (Å²) in [7, 11) is 0. The first-order valence-corrected chi connectivity index (χ1v) is 19.1. The van der Waals surface area contributed by atoms with E-state index in [0.29, 0.717) is 5.82 Å². The minimum absolute atomic E-state index is 0.703. The van der Waals surface area contributed by atoms with Gasteiger partial charge in [-0.2, -0.15) is 0 Å². The van der Waals surface area contributed by atoms with Crippen LogP contribution in [0.1, 0.15) is 0 Å². The lowest BCUT2D eigenvalue weighted by molar-refractivity contribution is 1.22. The Morgan fingerprint density at radius 1 is 0.389 bits per heavy atom. The second-order valence-electron chi connectivity index (χ2n) is 14.1. The SMILES string of the molecule is c1ccc2cc(N3c4ccc5ccccc5c4-c4cccc5cccc3c45)c(-c3nc(-c4cccc5sc6ccccc6c45)c4ccccc4n3)cc2c1. The van der Waals surface area contributed by atoms with Crippen molar-refractivity contribution in [3.05, 3.63) is 176 Å². The lowest BCUT2D eigenvalue weighted by Crippen LogP contribution is -2.16. The van der Waals surface area contributed by atoms with E-state index in [-0.39, 0.29) is 0 Å². The summed E-state index contributed by atoms with van der Waals surface area (Å²) in [4.78, 5) is 13.5. The molecule has 0 unspecified atom stereocenters. The van der Waals surface area contributed by atoms with Gasteiger partial charge in [-0.15, -0.1) is 11.3 Å². The standard InChI is InChI=1S/C50H29N3S/c1-2-14-33-29-43(53-41-23-10-16-31-15-9-20-37(46(31)41)47-34-17-4-3-12-30(34)26-27-42(47)53)39(28-32(33)13-1)50-51-40-22-7-5-18-35(40)49(52-50)38-21-11-25-45-48(38)36-19-6-8-24-44(36)54-45/h1-29H. The van der Waals surface area contributed by atoms with Crippen LogP contribution in [0.3, 0.4) is 0 Å². The average Bonchev–Trinajstić information content (AvgIpc) is 3.62. The molecule has 3 heterocycles. The van der Waals surface area contributed by atoms with Gasteiger partial charge in [0.2, 0.25) is 0 Å². The topological polar surface area (TPSA) is 29.0 Å². The van der Waals surface area contributed by atoms with Gasteiger partial charge in [0.1, 0.15) is 0 Å². The molecule has 0 atom stereocenters. The molecule has 0 fully saturated rings. The van der Waals surface area contributed by atoms with Crippen molar-refractivity contribution in [3.8, 4) is 33.8 Å². The van der Waals surface area contributed by atoms with Crippen LogP contribution < -0.4 is 4.90 Å². The second-order valence-corrected chi connectivity index (χ2v) is 15.2. The highest BCUT2D eigenvalue weighted by molar-refractivity contribution is 7.25. The molecular weight excluding hydrogens is 675 g/mol. The Morgan fingerprint density at radius 3 is 1.94 bits per heavy atom. The Bertz CT molecular complexity index is 3350. The molecule has 0 N–H and O–H groups in total. The molecule has 0 amide bonds. The van der Waals surface area contributed by atoms with E-state index in [1.165, 1.54) is 58.2 Å². The summed E-state index contributed by atoms with van der Waals surface area (Å²) in [5.74, 6) is 0.703. The fourth-order valence-electron chi connectivity index (χ4n) is 8.80. The molecule has 0 saturated carbocycles. The molecule has 2 aromatic heterocycles. The number of hydrogen-bond acceptors (Lipinski definition) is 4. The van der Waals surface area contributed by atoms with Crippen molar-refractivity contribution in [2.24, 2.45) is 0 Å². The third-order valence-corrected chi connectivity index (χ3v) is 12.3. The van der Waals surface area contributed by atoms with E-state index in [9.17, 15) is 0 Å². The van der Waals surface area contributed by atoms with Gasteiger partial charge in [0.25, 0.3) is 0 Å². The minimum Gasteiger partial charge on any atom is -0.308 e. The summed E-state index contributed by atoms with van der Waals surface area (Å²) >= 11 is 1.84. The van der Waals surface area contributed by atoms with Gasteiger partial charge in [-0.05, 0) is 75.0 Å². The van der Waals surface area contributed by atoms with Crippen molar-refractivity contribution < 1.29 is 0 Å². The Balaban J connectivity index is 1.20. The third kappa shape index (κ3) is 4.23. The van der Waals surface area contributed by atoms with Crippen LogP contribution in [0.5, 0.6) is 0 Å². The molecule has 0 bridgehead atoms. The van der Waals surface area contributed by atoms with E-state index in [2.05, 4.69) is 181 Å².